The van der Waals surface area contributed by atoms with Gasteiger partial charge in [0.25, 0.3) is 0 Å². The molecular formula is C15H17BrO2. The zero-order chi connectivity index (χ0) is 13.1. The molecule has 0 N–H and O–H groups in total. The highest BCUT2D eigenvalue weighted by Crippen LogP contribution is 2.36. The van der Waals surface area contributed by atoms with Gasteiger partial charge in [-0.05, 0) is 36.2 Å². The molecule has 3 heteroatoms. The monoisotopic (exact) mass is 308 g/mol. The van der Waals surface area contributed by atoms with E-state index >= 15 is 0 Å². The number of rotatable bonds is 4. The fraction of sp³-hybridized carbons (Fsp3) is 0.333. The van der Waals surface area contributed by atoms with Crippen molar-refractivity contribution in [1.82, 2.24) is 0 Å². The van der Waals surface area contributed by atoms with Crippen LogP contribution >= 0.6 is 15.9 Å². The Morgan fingerprint density at radius 1 is 1.28 bits per heavy atom. The van der Waals surface area contributed by atoms with Gasteiger partial charge in [-0.3, -0.25) is 0 Å². The van der Waals surface area contributed by atoms with E-state index in [1.165, 1.54) is 16.7 Å². The van der Waals surface area contributed by atoms with Crippen LogP contribution in [0, 0.1) is 6.92 Å². The van der Waals surface area contributed by atoms with Crippen LogP contribution in [0.4, 0.5) is 0 Å². The third kappa shape index (κ3) is 2.46. The molecular weight excluding hydrogens is 292 g/mol. The number of halogens is 1. The molecule has 2 aromatic rings. The highest BCUT2D eigenvalue weighted by Gasteiger charge is 2.18. The molecule has 0 aliphatic carbocycles. The zero-order valence-corrected chi connectivity index (χ0v) is 12.5. The van der Waals surface area contributed by atoms with E-state index in [2.05, 4.69) is 41.9 Å². The van der Waals surface area contributed by atoms with E-state index in [0.717, 1.165) is 17.9 Å². The van der Waals surface area contributed by atoms with Crippen LogP contribution in [0.2, 0.25) is 0 Å². The summed E-state index contributed by atoms with van der Waals surface area (Å²) < 4.78 is 10.7. The third-order valence-electron chi connectivity index (χ3n) is 3.12. The molecule has 1 aromatic carbocycles. The van der Waals surface area contributed by atoms with Crippen molar-refractivity contribution in [2.24, 2.45) is 0 Å². The molecule has 0 saturated heterocycles. The van der Waals surface area contributed by atoms with Crippen molar-refractivity contribution in [3.8, 4) is 5.75 Å². The smallest absolute Gasteiger partial charge is 0.119 e. The molecule has 1 atom stereocenters. The summed E-state index contributed by atoms with van der Waals surface area (Å²) in [7, 11) is 1.69. The summed E-state index contributed by atoms with van der Waals surface area (Å²) in [6.07, 6.45) is 2.65. The Bertz CT molecular complexity index is 531. The van der Waals surface area contributed by atoms with Crippen molar-refractivity contribution in [1.29, 1.82) is 0 Å². The molecule has 0 aliphatic heterocycles. The van der Waals surface area contributed by atoms with Crippen molar-refractivity contribution >= 4 is 15.9 Å². The van der Waals surface area contributed by atoms with E-state index in [1.807, 2.05) is 12.1 Å². The third-order valence-corrected chi connectivity index (χ3v) is 4.11. The Balaban J connectivity index is 2.37. The number of aryl methyl sites for hydroxylation is 2. The minimum atomic E-state index is 0.164. The first kappa shape index (κ1) is 13.2. The summed E-state index contributed by atoms with van der Waals surface area (Å²) in [5, 5.41) is 0. The lowest BCUT2D eigenvalue weighted by molar-refractivity contribution is 0.414. The maximum absolute atomic E-state index is 5.49. The maximum Gasteiger partial charge on any atom is 0.119 e. The first-order valence-corrected chi connectivity index (χ1v) is 6.93. The van der Waals surface area contributed by atoms with Gasteiger partial charge in [0.05, 0.1) is 18.2 Å². The van der Waals surface area contributed by atoms with Crippen LogP contribution in [0.15, 0.2) is 34.9 Å². The first-order chi connectivity index (χ1) is 8.67. The molecule has 0 bridgehead atoms. The summed E-state index contributed by atoms with van der Waals surface area (Å²) in [5.41, 5.74) is 3.65. The summed E-state index contributed by atoms with van der Waals surface area (Å²) in [4.78, 5) is 0.164. The Labute approximate surface area is 116 Å². The number of hydrogen-bond acceptors (Lipinski definition) is 2. The lowest BCUT2D eigenvalue weighted by atomic mass is 10.00. The quantitative estimate of drug-likeness (QED) is 0.768. The minimum absolute atomic E-state index is 0.164. The molecule has 2 nitrogen and oxygen atoms in total. The number of benzene rings is 1. The van der Waals surface area contributed by atoms with Gasteiger partial charge in [0.2, 0.25) is 0 Å². The standard InChI is InChI=1S/C15H17BrO2/c1-4-14-13(7-8-18-14)15(16)12-6-5-11(17-3)9-10(12)2/h5-9,15H,4H2,1-3H3. The second-order valence-corrected chi connectivity index (χ2v) is 5.15. The van der Waals surface area contributed by atoms with Crippen molar-refractivity contribution in [3.63, 3.8) is 0 Å². The highest BCUT2D eigenvalue weighted by atomic mass is 79.9. The normalized spacial score (nSPS) is 12.4. The SMILES string of the molecule is CCc1occc1C(Br)c1ccc(OC)cc1C. The van der Waals surface area contributed by atoms with Crippen LogP contribution < -0.4 is 4.74 Å². The Morgan fingerprint density at radius 3 is 2.67 bits per heavy atom. The minimum Gasteiger partial charge on any atom is -0.497 e. The molecule has 2 rings (SSSR count). The summed E-state index contributed by atoms with van der Waals surface area (Å²) in [6, 6.07) is 8.17. The molecule has 1 unspecified atom stereocenters. The number of ether oxygens (including phenoxy) is 1. The van der Waals surface area contributed by atoms with Gasteiger partial charge in [0, 0.05) is 12.0 Å². The van der Waals surface area contributed by atoms with E-state index in [0.29, 0.717) is 0 Å². The van der Waals surface area contributed by atoms with Crippen molar-refractivity contribution in [3.05, 3.63) is 53.0 Å². The largest absolute Gasteiger partial charge is 0.497 e. The molecule has 96 valence electrons. The average molecular weight is 309 g/mol. The molecule has 0 amide bonds. The maximum atomic E-state index is 5.49. The zero-order valence-electron chi connectivity index (χ0n) is 10.9. The Hall–Kier alpha value is -1.22. The molecule has 1 heterocycles. The van der Waals surface area contributed by atoms with Crippen LogP contribution in [0.3, 0.4) is 0 Å². The van der Waals surface area contributed by atoms with Gasteiger partial charge in [-0.1, -0.05) is 28.9 Å². The van der Waals surface area contributed by atoms with Gasteiger partial charge in [-0.25, -0.2) is 0 Å². The van der Waals surface area contributed by atoms with Crippen LogP contribution in [0.1, 0.15) is 34.2 Å². The van der Waals surface area contributed by atoms with Crippen LogP contribution in [-0.2, 0) is 6.42 Å². The van der Waals surface area contributed by atoms with Gasteiger partial charge in [0.1, 0.15) is 11.5 Å². The van der Waals surface area contributed by atoms with Crippen molar-refractivity contribution < 1.29 is 9.15 Å². The molecule has 0 fully saturated rings. The van der Waals surface area contributed by atoms with Gasteiger partial charge >= 0.3 is 0 Å². The van der Waals surface area contributed by atoms with Gasteiger partial charge in [-0.2, -0.15) is 0 Å². The van der Waals surface area contributed by atoms with E-state index in [1.54, 1.807) is 13.4 Å². The fourth-order valence-electron chi connectivity index (χ4n) is 2.09. The van der Waals surface area contributed by atoms with Gasteiger partial charge in [0.15, 0.2) is 0 Å². The second kappa shape index (κ2) is 5.61. The number of methoxy groups -OCH3 is 1. The van der Waals surface area contributed by atoms with Crippen LogP contribution in [0.25, 0.3) is 0 Å². The average Bonchev–Trinajstić information content (AvgIpc) is 2.86. The topological polar surface area (TPSA) is 22.4 Å². The Morgan fingerprint density at radius 2 is 2.06 bits per heavy atom. The predicted octanol–water partition coefficient (Wildman–Crippen LogP) is 4.64. The van der Waals surface area contributed by atoms with Gasteiger partial charge < -0.3 is 9.15 Å². The number of furan rings is 1. The van der Waals surface area contributed by atoms with Gasteiger partial charge in [-0.15, -0.1) is 0 Å². The first-order valence-electron chi connectivity index (χ1n) is 6.02. The molecule has 1 aromatic heterocycles. The molecule has 0 spiro atoms. The molecule has 0 saturated carbocycles. The van der Waals surface area contributed by atoms with E-state index in [4.69, 9.17) is 9.15 Å². The summed E-state index contributed by atoms with van der Waals surface area (Å²) >= 11 is 3.76. The Kier molecular flexibility index (Phi) is 4.12. The molecule has 18 heavy (non-hydrogen) atoms. The highest BCUT2D eigenvalue weighted by molar-refractivity contribution is 9.09. The summed E-state index contributed by atoms with van der Waals surface area (Å²) in [6.45, 7) is 4.20. The lowest BCUT2D eigenvalue weighted by Gasteiger charge is -2.14. The molecule has 0 aliphatic rings. The van der Waals surface area contributed by atoms with Crippen LogP contribution in [-0.4, -0.2) is 7.11 Å². The second-order valence-electron chi connectivity index (χ2n) is 4.24. The van der Waals surface area contributed by atoms with Crippen molar-refractivity contribution in [2.45, 2.75) is 25.1 Å². The van der Waals surface area contributed by atoms with E-state index in [-0.39, 0.29) is 4.83 Å². The van der Waals surface area contributed by atoms with Crippen molar-refractivity contribution in [2.75, 3.05) is 7.11 Å². The fourth-order valence-corrected chi connectivity index (χ4v) is 3.01. The molecule has 0 radical (unpaired) electrons. The van der Waals surface area contributed by atoms with Crippen LogP contribution in [0.5, 0.6) is 5.75 Å². The lowest BCUT2D eigenvalue weighted by Crippen LogP contribution is -1.98. The van der Waals surface area contributed by atoms with E-state index < -0.39 is 0 Å². The number of alkyl halides is 1. The number of hydrogen-bond donors (Lipinski definition) is 0. The summed E-state index contributed by atoms with van der Waals surface area (Å²) in [5.74, 6) is 1.92. The predicted molar refractivity (Wildman–Crippen MR) is 76.6 cm³/mol. The van der Waals surface area contributed by atoms with E-state index in [9.17, 15) is 0 Å².